The van der Waals surface area contributed by atoms with Gasteiger partial charge >= 0.3 is 0 Å². The highest BCUT2D eigenvalue weighted by molar-refractivity contribution is 5.59. The van der Waals surface area contributed by atoms with Gasteiger partial charge in [0.15, 0.2) is 11.7 Å². The van der Waals surface area contributed by atoms with Gasteiger partial charge in [0.25, 0.3) is 0 Å². The van der Waals surface area contributed by atoms with Crippen LogP contribution in [0.4, 0.5) is 10.1 Å². The van der Waals surface area contributed by atoms with Crippen LogP contribution < -0.4 is 0 Å². The first-order valence-electron chi connectivity index (χ1n) is 7.22. The van der Waals surface area contributed by atoms with E-state index >= 15 is 0 Å². The smallest absolute Gasteiger partial charge is 0.197 e. The molecule has 0 aliphatic carbocycles. The van der Waals surface area contributed by atoms with Crippen molar-refractivity contribution in [1.82, 2.24) is 9.97 Å². The third-order valence-corrected chi connectivity index (χ3v) is 3.20. The van der Waals surface area contributed by atoms with Gasteiger partial charge in [-0.25, -0.2) is 4.98 Å². The van der Waals surface area contributed by atoms with Crippen molar-refractivity contribution in [3.05, 3.63) is 66.4 Å². The Balaban J connectivity index is 1.64. The predicted octanol–water partition coefficient (Wildman–Crippen LogP) is 4.53. The molecule has 0 amide bonds. The van der Waals surface area contributed by atoms with Crippen LogP contribution in [0.15, 0.2) is 69.6 Å². The molecule has 3 rings (SSSR count). The number of oxazole rings is 1. The van der Waals surface area contributed by atoms with Crippen LogP contribution in [-0.4, -0.2) is 16.6 Å². The summed E-state index contributed by atoms with van der Waals surface area (Å²) in [6.07, 6.45) is 5.26. The molecule has 5 nitrogen and oxygen atoms in total. The lowest BCUT2D eigenvalue weighted by molar-refractivity contribution is 0.434. The molecule has 0 aliphatic rings. The van der Waals surface area contributed by atoms with Gasteiger partial charge in [-0.2, -0.15) is 10.2 Å². The van der Waals surface area contributed by atoms with Crippen molar-refractivity contribution in [3.63, 3.8) is 0 Å². The number of alkyl halides is 1. The summed E-state index contributed by atoms with van der Waals surface area (Å²) < 4.78 is 17.7. The molecule has 0 aliphatic heterocycles. The van der Waals surface area contributed by atoms with E-state index in [0.717, 1.165) is 16.8 Å². The quantitative estimate of drug-likeness (QED) is 0.628. The van der Waals surface area contributed by atoms with E-state index in [4.69, 9.17) is 4.42 Å². The molecule has 6 heteroatoms. The van der Waals surface area contributed by atoms with Crippen LogP contribution in [0, 0.1) is 0 Å². The monoisotopic (exact) mass is 310 g/mol. The summed E-state index contributed by atoms with van der Waals surface area (Å²) in [4.78, 5) is 7.99. The fraction of sp³-hybridized carbons (Fsp3) is 0.176. The Morgan fingerprint density at radius 1 is 1.04 bits per heavy atom. The molecule has 0 atom stereocenters. The first-order chi connectivity index (χ1) is 11.3. The van der Waals surface area contributed by atoms with Crippen LogP contribution >= 0.6 is 0 Å². The van der Waals surface area contributed by atoms with E-state index in [1.807, 2.05) is 36.4 Å². The molecule has 0 saturated carbocycles. The molecule has 2 aromatic heterocycles. The number of benzene rings is 1. The molecule has 0 N–H and O–H groups in total. The highest BCUT2D eigenvalue weighted by Gasteiger charge is 2.06. The minimum absolute atomic E-state index is 0.196. The van der Waals surface area contributed by atoms with Crippen molar-refractivity contribution >= 4 is 5.69 Å². The number of nitrogens with zero attached hydrogens (tertiary/aromatic N) is 4. The number of halogens is 1. The van der Waals surface area contributed by atoms with Gasteiger partial charge in [0, 0.05) is 18.0 Å². The number of hydrogen-bond donors (Lipinski definition) is 0. The summed E-state index contributed by atoms with van der Waals surface area (Å²) >= 11 is 0. The lowest BCUT2D eigenvalue weighted by Gasteiger charge is -1.97. The first-order valence-corrected chi connectivity index (χ1v) is 7.22. The Labute approximate surface area is 132 Å². The van der Waals surface area contributed by atoms with Gasteiger partial charge < -0.3 is 4.42 Å². The van der Waals surface area contributed by atoms with Gasteiger partial charge in [0.2, 0.25) is 0 Å². The van der Waals surface area contributed by atoms with Gasteiger partial charge in [-0.15, -0.1) is 0 Å². The molecule has 0 bridgehead atoms. The van der Waals surface area contributed by atoms with E-state index in [1.165, 1.54) is 0 Å². The minimum Gasteiger partial charge on any atom is -0.441 e. The highest BCUT2D eigenvalue weighted by Crippen LogP contribution is 2.24. The van der Waals surface area contributed by atoms with E-state index in [2.05, 4.69) is 20.2 Å². The second-order valence-electron chi connectivity index (χ2n) is 4.86. The molecule has 116 valence electrons. The summed E-state index contributed by atoms with van der Waals surface area (Å²) in [5, 5.41) is 8.34. The topological polar surface area (TPSA) is 63.6 Å². The van der Waals surface area contributed by atoms with E-state index in [1.54, 1.807) is 18.6 Å². The summed E-state index contributed by atoms with van der Waals surface area (Å²) in [6.45, 7) is 0.0374. The summed E-state index contributed by atoms with van der Waals surface area (Å²) in [5.41, 5.74) is 2.68. The molecule has 1 aromatic carbocycles. The highest BCUT2D eigenvalue weighted by atomic mass is 19.1. The van der Waals surface area contributed by atoms with Crippen LogP contribution in [-0.2, 0) is 13.0 Å². The van der Waals surface area contributed by atoms with Gasteiger partial charge in [-0.3, -0.25) is 9.37 Å². The molecule has 0 radical (unpaired) electrons. The number of azo groups is 1. The largest absolute Gasteiger partial charge is 0.441 e. The third-order valence-electron chi connectivity index (χ3n) is 3.20. The molecular formula is C17H15FN4O. The van der Waals surface area contributed by atoms with Crippen molar-refractivity contribution < 1.29 is 8.81 Å². The zero-order valence-corrected chi connectivity index (χ0v) is 12.4. The van der Waals surface area contributed by atoms with Crippen molar-refractivity contribution in [1.29, 1.82) is 0 Å². The van der Waals surface area contributed by atoms with Gasteiger partial charge in [0.1, 0.15) is 0 Å². The molecule has 0 unspecified atom stereocenters. The van der Waals surface area contributed by atoms with Crippen LogP contribution in [0.3, 0.4) is 0 Å². The summed E-state index contributed by atoms with van der Waals surface area (Å²) in [7, 11) is 0. The standard InChI is InChI=1S/C17H15FN4O/c18-8-5-17-20-12-16(23-17)14-1-3-15(4-2-14)22-21-11-13-6-9-19-10-7-13/h1-4,6-7,9-10,12H,5,8,11H2. The number of pyridine rings is 1. The minimum atomic E-state index is -0.475. The van der Waals surface area contributed by atoms with E-state index < -0.39 is 6.67 Å². The SMILES string of the molecule is FCCc1ncc(-c2ccc(N=NCc3ccncc3)cc2)o1. The molecule has 0 fully saturated rings. The summed E-state index contributed by atoms with van der Waals surface area (Å²) in [6, 6.07) is 11.3. The van der Waals surface area contributed by atoms with Crippen LogP contribution in [0.25, 0.3) is 11.3 Å². The average Bonchev–Trinajstić information content (AvgIpc) is 3.06. The Hall–Kier alpha value is -2.89. The van der Waals surface area contributed by atoms with Crippen LogP contribution in [0.5, 0.6) is 0 Å². The third kappa shape index (κ3) is 4.06. The maximum absolute atomic E-state index is 12.3. The fourth-order valence-electron chi connectivity index (χ4n) is 2.02. The van der Waals surface area contributed by atoms with E-state index in [9.17, 15) is 4.39 Å². The fourth-order valence-corrected chi connectivity index (χ4v) is 2.02. The second-order valence-corrected chi connectivity index (χ2v) is 4.86. The van der Waals surface area contributed by atoms with Crippen LogP contribution in [0.1, 0.15) is 11.5 Å². The average molecular weight is 310 g/mol. The van der Waals surface area contributed by atoms with E-state index in [-0.39, 0.29) is 6.42 Å². The molecular weight excluding hydrogens is 295 g/mol. The Morgan fingerprint density at radius 2 is 1.83 bits per heavy atom. The zero-order valence-electron chi connectivity index (χ0n) is 12.4. The molecule has 3 aromatic rings. The number of aromatic nitrogens is 2. The van der Waals surface area contributed by atoms with Crippen molar-refractivity contribution in [2.75, 3.05) is 6.67 Å². The molecule has 23 heavy (non-hydrogen) atoms. The second kappa shape index (κ2) is 7.40. The molecule has 2 heterocycles. The summed E-state index contributed by atoms with van der Waals surface area (Å²) in [5.74, 6) is 1.03. The van der Waals surface area contributed by atoms with Gasteiger partial charge in [-0.1, -0.05) is 0 Å². The maximum atomic E-state index is 12.3. The van der Waals surface area contributed by atoms with Crippen LogP contribution in [0.2, 0.25) is 0 Å². The lowest BCUT2D eigenvalue weighted by atomic mass is 10.2. The zero-order chi connectivity index (χ0) is 15.9. The number of aryl methyl sites for hydroxylation is 1. The normalized spacial score (nSPS) is 11.2. The van der Waals surface area contributed by atoms with Gasteiger partial charge in [-0.05, 0) is 42.0 Å². The maximum Gasteiger partial charge on any atom is 0.197 e. The van der Waals surface area contributed by atoms with Gasteiger partial charge in [0.05, 0.1) is 31.5 Å². The predicted molar refractivity (Wildman–Crippen MR) is 84.1 cm³/mol. The molecule has 0 saturated heterocycles. The lowest BCUT2D eigenvalue weighted by Crippen LogP contribution is -1.84. The first kappa shape index (κ1) is 15.0. The Morgan fingerprint density at radius 3 is 2.57 bits per heavy atom. The van der Waals surface area contributed by atoms with Crippen molar-refractivity contribution in [2.45, 2.75) is 13.0 Å². The number of hydrogen-bond acceptors (Lipinski definition) is 5. The van der Waals surface area contributed by atoms with E-state index in [0.29, 0.717) is 18.2 Å². The Bertz CT molecular complexity index is 769. The molecule has 0 spiro atoms. The van der Waals surface area contributed by atoms with Crippen molar-refractivity contribution in [3.8, 4) is 11.3 Å². The number of rotatable bonds is 6. The van der Waals surface area contributed by atoms with Crippen molar-refractivity contribution in [2.24, 2.45) is 10.2 Å². The Kier molecular flexibility index (Phi) is 4.83.